The van der Waals surface area contributed by atoms with E-state index in [9.17, 15) is 4.79 Å². The molecule has 0 bridgehead atoms. The first kappa shape index (κ1) is 15.6. The van der Waals surface area contributed by atoms with Gasteiger partial charge in [-0.15, -0.1) is 0 Å². The standard InChI is InChI=1S/C20H24N2O/c1-20(2,3)16-10-12-17(13-11-16)21-19(23)22-14-6-8-15-7-4-5-9-18(15)22/h4-5,7,9-13H,6,8,14H2,1-3H3,(H,21,23). The number of fused-ring (bicyclic) bond motifs is 1. The summed E-state index contributed by atoms with van der Waals surface area (Å²) in [6.45, 7) is 7.32. The highest BCUT2D eigenvalue weighted by Gasteiger charge is 2.22. The second-order valence-corrected chi connectivity index (χ2v) is 7.14. The maximum Gasteiger partial charge on any atom is 0.326 e. The number of carbonyl (C=O) groups excluding carboxylic acids is 1. The van der Waals surface area contributed by atoms with Gasteiger partial charge in [-0.3, -0.25) is 4.90 Å². The molecule has 0 saturated carbocycles. The number of para-hydroxylation sites is 1. The predicted octanol–water partition coefficient (Wildman–Crippen LogP) is 4.97. The SMILES string of the molecule is CC(C)(C)c1ccc(NC(=O)N2CCCc3ccccc32)cc1. The molecular formula is C20H24N2O. The van der Waals surface area contributed by atoms with Crippen molar-refractivity contribution in [3.05, 3.63) is 59.7 Å². The molecule has 0 atom stereocenters. The molecule has 0 fully saturated rings. The van der Waals surface area contributed by atoms with Gasteiger partial charge in [-0.05, 0) is 47.6 Å². The summed E-state index contributed by atoms with van der Waals surface area (Å²) in [5, 5.41) is 3.02. The molecule has 2 amide bonds. The van der Waals surface area contributed by atoms with Gasteiger partial charge < -0.3 is 5.32 Å². The van der Waals surface area contributed by atoms with E-state index in [1.54, 1.807) is 0 Å². The van der Waals surface area contributed by atoms with E-state index in [1.165, 1.54) is 11.1 Å². The van der Waals surface area contributed by atoms with E-state index >= 15 is 0 Å². The van der Waals surface area contributed by atoms with Crippen molar-refractivity contribution in [3.8, 4) is 0 Å². The maximum absolute atomic E-state index is 12.6. The van der Waals surface area contributed by atoms with Crippen LogP contribution >= 0.6 is 0 Å². The van der Waals surface area contributed by atoms with Crippen LogP contribution in [0.2, 0.25) is 0 Å². The van der Waals surface area contributed by atoms with Crippen LogP contribution < -0.4 is 10.2 Å². The summed E-state index contributed by atoms with van der Waals surface area (Å²) in [7, 11) is 0. The van der Waals surface area contributed by atoms with E-state index in [-0.39, 0.29) is 11.4 Å². The highest BCUT2D eigenvalue weighted by molar-refractivity contribution is 6.02. The van der Waals surface area contributed by atoms with Crippen molar-refractivity contribution in [2.24, 2.45) is 0 Å². The van der Waals surface area contributed by atoms with Crippen molar-refractivity contribution in [2.75, 3.05) is 16.8 Å². The second kappa shape index (κ2) is 6.07. The van der Waals surface area contributed by atoms with Gasteiger partial charge in [0.05, 0.1) is 0 Å². The Morgan fingerprint density at radius 1 is 1.04 bits per heavy atom. The summed E-state index contributed by atoms with van der Waals surface area (Å²) in [5.41, 5.74) is 4.50. The molecule has 0 radical (unpaired) electrons. The minimum Gasteiger partial charge on any atom is -0.308 e. The third-order valence-corrected chi connectivity index (χ3v) is 4.36. The van der Waals surface area contributed by atoms with Gasteiger partial charge in [0, 0.05) is 17.9 Å². The number of hydrogen-bond acceptors (Lipinski definition) is 1. The van der Waals surface area contributed by atoms with E-state index in [2.05, 4.69) is 44.3 Å². The molecule has 3 rings (SSSR count). The lowest BCUT2D eigenvalue weighted by Gasteiger charge is -2.29. The fourth-order valence-electron chi connectivity index (χ4n) is 2.99. The first-order valence-corrected chi connectivity index (χ1v) is 8.22. The van der Waals surface area contributed by atoms with Gasteiger partial charge in [0.15, 0.2) is 0 Å². The van der Waals surface area contributed by atoms with Gasteiger partial charge in [-0.25, -0.2) is 4.79 Å². The van der Waals surface area contributed by atoms with Crippen LogP contribution in [-0.4, -0.2) is 12.6 Å². The van der Waals surface area contributed by atoms with E-state index < -0.39 is 0 Å². The molecule has 0 aliphatic carbocycles. The highest BCUT2D eigenvalue weighted by atomic mass is 16.2. The number of urea groups is 1. The van der Waals surface area contributed by atoms with E-state index in [1.807, 2.05) is 35.2 Å². The van der Waals surface area contributed by atoms with Gasteiger partial charge in [0.25, 0.3) is 0 Å². The predicted molar refractivity (Wildman–Crippen MR) is 96.3 cm³/mol. The van der Waals surface area contributed by atoms with Gasteiger partial charge in [-0.1, -0.05) is 51.1 Å². The Morgan fingerprint density at radius 2 is 1.74 bits per heavy atom. The minimum atomic E-state index is -0.0549. The summed E-state index contributed by atoms with van der Waals surface area (Å²) in [6, 6.07) is 16.2. The van der Waals surface area contributed by atoms with Crippen LogP contribution in [0.15, 0.2) is 48.5 Å². The molecule has 120 valence electrons. The van der Waals surface area contributed by atoms with Gasteiger partial charge in [-0.2, -0.15) is 0 Å². The van der Waals surface area contributed by atoms with E-state index in [4.69, 9.17) is 0 Å². The zero-order chi connectivity index (χ0) is 16.4. The van der Waals surface area contributed by atoms with Crippen LogP contribution in [-0.2, 0) is 11.8 Å². The Labute approximate surface area is 138 Å². The summed E-state index contributed by atoms with van der Waals surface area (Å²) < 4.78 is 0. The number of anilines is 2. The van der Waals surface area contributed by atoms with Crippen LogP contribution in [0.3, 0.4) is 0 Å². The molecule has 0 unspecified atom stereocenters. The van der Waals surface area contributed by atoms with Crippen molar-refractivity contribution in [1.82, 2.24) is 0 Å². The van der Waals surface area contributed by atoms with Crippen LogP contribution in [0, 0.1) is 0 Å². The van der Waals surface area contributed by atoms with Crippen molar-refractivity contribution in [2.45, 2.75) is 39.0 Å². The van der Waals surface area contributed by atoms with E-state index in [0.29, 0.717) is 0 Å². The normalized spacial score (nSPS) is 14.3. The average Bonchev–Trinajstić information content (AvgIpc) is 2.54. The molecule has 3 heteroatoms. The first-order chi connectivity index (χ1) is 10.9. The highest BCUT2D eigenvalue weighted by Crippen LogP contribution is 2.28. The number of carbonyl (C=O) groups is 1. The molecule has 2 aromatic carbocycles. The molecular weight excluding hydrogens is 284 g/mol. The van der Waals surface area contributed by atoms with Crippen molar-refractivity contribution >= 4 is 17.4 Å². The molecule has 1 aliphatic rings. The quantitative estimate of drug-likeness (QED) is 0.792. The molecule has 23 heavy (non-hydrogen) atoms. The molecule has 0 saturated heterocycles. The zero-order valence-corrected chi connectivity index (χ0v) is 14.1. The van der Waals surface area contributed by atoms with Crippen LogP contribution in [0.4, 0.5) is 16.2 Å². The Bertz CT molecular complexity index is 698. The number of hydrogen-bond donors (Lipinski definition) is 1. The summed E-state index contributed by atoms with van der Waals surface area (Å²) in [6.07, 6.45) is 2.05. The Kier molecular flexibility index (Phi) is 4.12. The lowest BCUT2D eigenvalue weighted by molar-refractivity contribution is 0.256. The van der Waals surface area contributed by atoms with Gasteiger partial charge in [0.2, 0.25) is 0 Å². The van der Waals surface area contributed by atoms with Gasteiger partial charge >= 0.3 is 6.03 Å². The Hall–Kier alpha value is -2.29. The first-order valence-electron chi connectivity index (χ1n) is 8.22. The maximum atomic E-state index is 12.6. The van der Waals surface area contributed by atoms with Crippen molar-refractivity contribution in [1.29, 1.82) is 0 Å². The van der Waals surface area contributed by atoms with Crippen LogP contribution in [0.5, 0.6) is 0 Å². The number of amides is 2. The fourth-order valence-corrected chi connectivity index (χ4v) is 2.99. The van der Waals surface area contributed by atoms with Crippen molar-refractivity contribution < 1.29 is 4.79 Å². The Balaban J connectivity index is 1.75. The summed E-state index contributed by atoms with van der Waals surface area (Å²) >= 11 is 0. The fraction of sp³-hybridized carbons (Fsp3) is 0.350. The molecule has 2 aromatic rings. The van der Waals surface area contributed by atoms with Gasteiger partial charge in [0.1, 0.15) is 0 Å². The molecule has 0 aromatic heterocycles. The lowest BCUT2D eigenvalue weighted by atomic mass is 9.87. The summed E-state index contributed by atoms with van der Waals surface area (Å²) in [4.78, 5) is 14.5. The smallest absolute Gasteiger partial charge is 0.308 e. The third kappa shape index (κ3) is 3.39. The number of rotatable bonds is 1. The summed E-state index contributed by atoms with van der Waals surface area (Å²) in [5.74, 6) is 0. The molecule has 3 nitrogen and oxygen atoms in total. The zero-order valence-electron chi connectivity index (χ0n) is 14.1. The number of nitrogens with zero attached hydrogens (tertiary/aromatic N) is 1. The van der Waals surface area contributed by atoms with Crippen molar-refractivity contribution in [3.63, 3.8) is 0 Å². The largest absolute Gasteiger partial charge is 0.326 e. The molecule has 0 spiro atoms. The Morgan fingerprint density at radius 3 is 2.43 bits per heavy atom. The third-order valence-electron chi connectivity index (χ3n) is 4.36. The number of nitrogens with one attached hydrogen (secondary N) is 1. The number of aryl methyl sites for hydroxylation is 1. The minimum absolute atomic E-state index is 0.0549. The second-order valence-electron chi connectivity index (χ2n) is 7.14. The monoisotopic (exact) mass is 308 g/mol. The van der Waals surface area contributed by atoms with E-state index in [0.717, 1.165) is 30.8 Å². The topological polar surface area (TPSA) is 32.3 Å². The van der Waals surface area contributed by atoms with Crippen LogP contribution in [0.1, 0.15) is 38.3 Å². The lowest BCUT2D eigenvalue weighted by Crippen LogP contribution is -2.38. The molecule has 1 aliphatic heterocycles. The van der Waals surface area contributed by atoms with Crippen LogP contribution in [0.25, 0.3) is 0 Å². The molecule has 1 heterocycles. The average molecular weight is 308 g/mol. The molecule has 1 N–H and O–H groups in total. The number of benzene rings is 2.